The maximum absolute atomic E-state index is 11.3. The van der Waals surface area contributed by atoms with Crippen LogP contribution in [0.2, 0.25) is 5.02 Å². The van der Waals surface area contributed by atoms with Gasteiger partial charge in [0.25, 0.3) is 0 Å². The van der Waals surface area contributed by atoms with Crippen LogP contribution in [0, 0.1) is 0 Å². The Morgan fingerprint density at radius 2 is 1.86 bits per heavy atom. The van der Waals surface area contributed by atoms with Crippen molar-refractivity contribution < 1.29 is 19.0 Å². The number of benzene rings is 2. The highest BCUT2D eigenvalue weighted by Gasteiger charge is 2.15. The molecule has 0 atom stereocenters. The van der Waals surface area contributed by atoms with Crippen molar-refractivity contribution in [3.63, 3.8) is 0 Å². The Kier molecular flexibility index (Phi) is 5.96. The standard InChI is InChI=1S/C20H18ClN3O4/c1-12(25)28-20-18(26-2)8-13(9-19(20)27-3)11-23-24-16-6-7-22-17-10-14(21)4-5-15(16)17/h4-11H,1-3H3,(H,22,24). The molecule has 0 saturated carbocycles. The van der Waals surface area contributed by atoms with E-state index < -0.39 is 5.97 Å². The first-order valence-corrected chi connectivity index (χ1v) is 8.67. The second-order valence-electron chi connectivity index (χ2n) is 5.74. The van der Waals surface area contributed by atoms with Gasteiger partial charge in [-0.15, -0.1) is 0 Å². The molecule has 3 rings (SSSR count). The number of methoxy groups -OCH3 is 2. The molecule has 8 heteroatoms. The van der Waals surface area contributed by atoms with Crippen LogP contribution in [0.15, 0.2) is 47.7 Å². The van der Waals surface area contributed by atoms with Gasteiger partial charge in [-0.1, -0.05) is 11.6 Å². The number of pyridine rings is 1. The highest BCUT2D eigenvalue weighted by atomic mass is 35.5. The molecule has 1 N–H and O–H groups in total. The van der Waals surface area contributed by atoms with Gasteiger partial charge in [0.2, 0.25) is 5.75 Å². The number of esters is 1. The lowest BCUT2D eigenvalue weighted by atomic mass is 10.2. The molecule has 0 aliphatic rings. The third-order valence-corrected chi connectivity index (χ3v) is 4.07. The van der Waals surface area contributed by atoms with Gasteiger partial charge in [-0.2, -0.15) is 5.10 Å². The summed E-state index contributed by atoms with van der Waals surface area (Å²) in [6.45, 7) is 1.31. The van der Waals surface area contributed by atoms with Crippen molar-refractivity contribution in [2.24, 2.45) is 5.10 Å². The lowest BCUT2D eigenvalue weighted by molar-refractivity contribution is -0.132. The molecule has 144 valence electrons. The smallest absolute Gasteiger partial charge is 0.308 e. The van der Waals surface area contributed by atoms with Crippen LogP contribution < -0.4 is 19.6 Å². The highest BCUT2D eigenvalue weighted by molar-refractivity contribution is 6.31. The van der Waals surface area contributed by atoms with E-state index in [2.05, 4.69) is 15.5 Å². The molecule has 1 aromatic heterocycles. The van der Waals surface area contributed by atoms with Crippen molar-refractivity contribution in [2.75, 3.05) is 19.6 Å². The normalized spacial score (nSPS) is 10.9. The summed E-state index contributed by atoms with van der Waals surface area (Å²) < 4.78 is 15.8. The zero-order valence-corrected chi connectivity index (χ0v) is 16.3. The molecule has 2 aromatic carbocycles. The number of halogens is 1. The van der Waals surface area contributed by atoms with E-state index >= 15 is 0 Å². The van der Waals surface area contributed by atoms with Crippen LogP contribution in [0.3, 0.4) is 0 Å². The second kappa shape index (κ2) is 8.58. The molecule has 0 unspecified atom stereocenters. The molecule has 0 saturated heterocycles. The van der Waals surface area contributed by atoms with E-state index in [9.17, 15) is 4.79 Å². The molecule has 3 aromatic rings. The number of fused-ring (bicyclic) bond motifs is 1. The number of nitrogens with one attached hydrogen (secondary N) is 1. The van der Waals surface area contributed by atoms with Crippen molar-refractivity contribution in [2.45, 2.75) is 6.92 Å². The van der Waals surface area contributed by atoms with Gasteiger partial charge >= 0.3 is 5.97 Å². The Morgan fingerprint density at radius 1 is 1.14 bits per heavy atom. The van der Waals surface area contributed by atoms with Gasteiger partial charge in [0.15, 0.2) is 11.5 Å². The van der Waals surface area contributed by atoms with Gasteiger partial charge in [0.05, 0.1) is 31.6 Å². The predicted molar refractivity (Wildman–Crippen MR) is 109 cm³/mol. The minimum Gasteiger partial charge on any atom is -0.493 e. The third kappa shape index (κ3) is 4.32. The topological polar surface area (TPSA) is 82.0 Å². The van der Waals surface area contributed by atoms with Gasteiger partial charge < -0.3 is 14.2 Å². The number of rotatable bonds is 6. The summed E-state index contributed by atoms with van der Waals surface area (Å²) in [5.41, 5.74) is 5.24. The molecule has 1 heterocycles. The Labute approximate surface area is 166 Å². The fourth-order valence-corrected chi connectivity index (χ4v) is 2.78. The number of hydrogen-bond acceptors (Lipinski definition) is 7. The van der Waals surface area contributed by atoms with E-state index in [1.54, 1.807) is 36.7 Å². The van der Waals surface area contributed by atoms with Crippen LogP contribution in [0.5, 0.6) is 17.2 Å². The lowest BCUT2D eigenvalue weighted by Gasteiger charge is -2.13. The molecule has 7 nitrogen and oxygen atoms in total. The summed E-state index contributed by atoms with van der Waals surface area (Å²) in [6.07, 6.45) is 3.28. The number of hydrogen-bond donors (Lipinski definition) is 1. The Bertz CT molecular complexity index is 1030. The summed E-state index contributed by atoms with van der Waals surface area (Å²) in [5, 5.41) is 5.78. The number of hydrazone groups is 1. The average Bonchev–Trinajstić information content (AvgIpc) is 2.68. The Hall–Kier alpha value is -3.32. The van der Waals surface area contributed by atoms with Crippen LogP contribution in [-0.2, 0) is 4.79 Å². The van der Waals surface area contributed by atoms with E-state index in [1.165, 1.54) is 21.1 Å². The maximum atomic E-state index is 11.3. The molecule has 0 aliphatic heterocycles. The number of nitrogens with zero attached hydrogens (tertiary/aromatic N) is 2. The van der Waals surface area contributed by atoms with Gasteiger partial charge in [0.1, 0.15) is 0 Å². The summed E-state index contributed by atoms with van der Waals surface area (Å²) in [4.78, 5) is 15.6. The zero-order chi connectivity index (χ0) is 20.1. The van der Waals surface area contributed by atoms with Crippen molar-refractivity contribution >= 4 is 40.4 Å². The van der Waals surface area contributed by atoms with Crippen LogP contribution in [0.25, 0.3) is 10.9 Å². The molecule has 0 amide bonds. The molecule has 0 radical (unpaired) electrons. The van der Waals surface area contributed by atoms with E-state index in [0.29, 0.717) is 22.1 Å². The summed E-state index contributed by atoms with van der Waals surface area (Å²) in [5.74, 6) is 0.476. The largest absolute Gasteiger partial charge is 0.493 e. The number of carbonyl (C=O) groups is 1. The fraction of sp³-hybridized carbons (Fsp3) is 0.150. The van der Waals surface area contributed by atoms with Crippen molar-refractivity contribution in [3.05, 3.63) is 53.2 Å². The fourth-order valence-electron chi connectivity index (χ4n) is 2.61. The van der Waals surface area contributed by atoms with Crippen LogP contribution in [-0.4, -0.2) is 31.4 Å². The first kappa shape index (κ1) is 19.4. The summed E-state index contributed by atoms with van der Waals surface area (Å²) in [7, 11) is 2.96. The van der Waals surface area contributed by atoms with Crippen molar-refractivity contribution in [1.29, 1.82) is 0 Å². The lowest BCUT2D eigenvalue weighted by Crippen LogP contribution is -2.05. The van der Waals surface area contributed by atoms with E-state index in [1.807, 2.05) is 12.1 Å². The number of ether oxygens (including phenoxy) is 3. The summed E-state index contributed by atoms with van der Waals surface area (Å²) in [6, 6.07) is 10.7. The van der Waals surface area contributed by atoms with Crippen molar-refractivity contribution in [3.8, 4) is 17.2 Å². The summed E-state index contributed by atoms with van der Waals surface area (Å²) >= 11 is 6.01. The number of anilines is 1. The molecular formula is C20H18ClN3O4. The molecule has 0 aliphatic carbocycles. The Morgan fingerprint density at radius 3 is 2.50 bits per heavy atom. The highest BCUT2D eigenvalue weighted by Crippen LogP contribution is 2.38. The number of carbonyl (C=O) groups excluding carboxylic acids is 1. The van der Waals surface area contributed by atoms with Gasteiger partial charge in [-0.05, 0) is 36.4 Å². The van der Waals surface area contributed by atoms with Gasteiger partial charge in [0, 0.05) is 29.1 Å². The molecule has 0 spiro atoms. The van der Waals surface area contributed by atoms with Gasteiger partial charge in [-0.3, -0.25) is 15.2 Å². The van der Waals surface area contributed by atoms with Crippen LogP contribution in [0.1, 0.15) is 12.5 Å². The third-order valence-electron chi connectivity index (χ3n) is 3.83. The van der Waals surface area contributed by atoms with Crippen molar-refractivity contribution in [1.82, 2.24) is 4.98 Å². The SMILES string of the molecule is COc1cc(C=NNc2ccnc3cc(Cl)ccc23)cc(OC)c1OC(C)=O. The minimum absolute atomic E-state index is 0.222. The monoisotopic (exact) mass is 399 g/mol. The predicted octanol–water partition coefficient (Wildman–Crippen LogP) is 4.28. The molecule has 0 fully saturated rings. The molecular weight excluding hydrogens is 382 g/mol. The van der Waals surface area contributed by atoms with Crippen LogP contribution >= 0.6 is 11.6 Å². The quantitative estimate of drug-likeness (QED) is 0.288. The second-order valence-corrected chi connectivity index (χ2v) is 6.17. The number of aromatic nitrogens is 1. The molecule has 0 bridgehead atoms. The first-order valence-electron chi connectivity index (χ1n) is 8.29. The van der Waals surface area contributed by atoms with Crippen LogP contribution in [0.4, 0.5) is 5.69 Å². The van der Waals surface area contributed by atoms with E-state index in [-0.39, 0.29) is 5.75 Å². The maximum Gasteiger partial charge on any atom is 0.308 e. The average molecular weight is 400 g/mol. The van der Waals surface area contributed by atoms with E-state index in [4.69, 9.17) is 25.8 Å². The minimum atomic E-state index is -0.468. The first-order chi connectivity index (χ1) is 13.5. The zero-order valence-electron chi connectivity index (χ0n) is 15.5. The Balaban J connectivity index is 1.88. The molecule has 28 heavy (non-hydrogen) atoms. The van der Waals surface area contributed by atoms with Gasteiger partial charge in [-0.25, -0.2) is 0 Å². The van der Waals surface area contributed by atoms with E-state index in [0.717, 1.165) is 16.6 Å².